The summed E-state index contributed by atoms with van der Waals surface area (Å²) < 4.78 is 0. The van der Waals surface area contributed by atoms with Gasteiger partial charge < -0.3 is 10.2 Å². The molecule has 2 nitrogen and oxygen atoms in total. The molecule has 0 bridgehead atoms. The van der Waals surface area contributed by atoms with E-state index in [1.54, 1.807) is 0 Å². The van der Waals surface area contributed by atoms with E-state index in [1.165, 1.54) is 72.3 Å². The lowest BCUT2D eigenvalue weighted by Gasteiger charge is -2.25. The van der Waals surface area contributed by atoms with Crippen LogP contribution in [0.5, 0.6) is 0 Å². The summed E-state index contributed by atoms with van der Waals surface area (Å²) in [5, 5.41) is 3.47. The maximum absolute atomic E-state index is 4.32. The number of allylic oxidation sites excluding steroid dienone is 6. The van der Waals surface area contributed by atoms with Gasteiger partial charge in [-0.1, -0.05) is 59.7 Å². The molecule has 2 heterocycles. The Morgan fingerprint density at radius 1 is 1.29 bits per heavy atom. The average Bonchev–Trinajstić information content (AvgIpc) is 3.18. The second-order valence-corrected chi connectivity index (χ2v) is 9.90. The van der Waals surface area contributed by atoms with Gasteiger partial charge in [-0.2, -0.15) is 0 Å². The van der Waals surface area contributed by atoms with Crippen molar-refractivity contribution >= 4 is 0 Å². The van der Waals surface area contributed by atoms with Gasteiger partial charge in [-0.05, 0) is 82.9 Å². The number of rotatable bonds is 10. The van der Waals surface area contributed by atoms with Crippen LogP contribution in [0.2, 0.25) is 0 Å². The first kappa shape index (κ1) is 23.6. The fourth-order valence-corrected chi connectivity index (χ4v) is 5.01. The molecule has 3 rings (SSSR count). The van der Waals surface area contributed by atoms with Gasteiger partial charge in [-0.25, -0.2) is 0 Å². The van der Waals surface area contributed by atoms with Crippen molar-refractivity contribution in [1.82, 2.24) is 10.2 Å². The van der Waals surface area contributed by atoms with Gasteiger partial charge >= 0.3 is 0 Å². The summed E-state index contributed by atoms with van der Waals surface area (Å²) in [5.74, 6) is 1.35. The third-order valence-corrected chi connectivity index (χ3v) is 6.85. The number of benzene rings is 1. The number of nitrogens with zero attached hydrogens (tertiary/aromatic N) is 1. The van der Waals surface area contributed by atoms with E-state index in [-0.39, 0.29) is 0 Å². The lowest BCUT2D eigenvalue weighted by molar-refractivity contribution is 0.298. The molecule has 1 saturated heterocycles. The molecular weight excluding hydrogens is 376 g/mol. The first-order chi connectivity index (χ1) is 14.9. The summed E-state index contributed by atoms with van der Waals surface area (Å²) >= 11 is 0. The summed E-state index contributed by atoms with van der Waals surface area (Å²) in [5.41, 5.74) is 8.14. The number of nitrogens with one attached hydrogen (secondary N) is 1. The van der Waals surface area contributed by atoms with E-state index in [9.17, 15) is 0 Å². The fourth-order valence-electron chi connectivity index (χ4n) is 5.01. The standard InChI is InChI=1S/C29H42N2/c1-22(2)18-29(28-9-6-8-24(4)19-28)21-31-17-15-26(20-31)13-11-23(3)12-14-27-10-7-16-30-25(27)5/h6,8-9,12,14,19,26,29-30H,1,3,7,10-11,13,15-18,20-21H2,2,4-5H3/b14-12-/t26-,29?/m1/s1. The zero-order valence-electron chi connectivity index (χ0n) is 20.1. The minimum Gasteiger partial charge on any atom is -0.388 e. The van der Waals surface area contributed by atoms with Crippen LogP contribution >= 0.6 is 0 Å². The van der Waals surface area contributed by atoms with E-state index in [2.05, 4.69) is 80.6 Å². The van der Waals surface area contributed by atoms with Crippen molar-refractivity contribution in [2.24, 2.45) is 5.92 Å². The molecule has 2 atom stereocenters. The summed E-state index contributed by atoms with van der Waals surface area (Å²) in [7, 11) is 0. The van der Waals surface area contributed by atoms with Crippen LogP contribution in [0.4, 0.5) is 0 Å². The quantitative estimate of drug-likeness (QED) is 0.328. The number of hydrogen-bond acceptors (Lipinski definition) is 2. The summed E-state index contributed by atoms with van der Waals surface area (Å²) in [6, 6.07) is 9.04. The molecule has 1 aromatic carbocycles. The van der Waals surface area contributed by atoms with Gasteiger partial charge in [0.25, 0.3) is 0 Å². The molecule has 0 spiro atoms. The van der Waals surface area contributed by atoms with E-state index in [1.807, 2.05) is 0 Å². The van der Waals surface area contributed by atoms with Crippen molar-refractivity contribution in [2.75, 3.05) is 26.2 Å². The van der Waals surface area contributed by atoms with Crippen LogP contribution in [-0.4, -0.2) is 31.1 Å². The van der Waals surface area contributed by atoms with E-state index in [4.69, 9.17) is 0 Å². The van der Waals surface area contributed by atoms with Crippen LogP contribution in [0.15, 0.2) is 72.0 Å². The topological polar surface area (TPSA) is 15.3 Å². The molecule has 2 heteroatoms. The SMILES string of the molecule is C=C(C)CC(CN1CC[C@@H](CCC(=C)/C=C\C2=C(C)NCCC2)C1)c1cccc(C)c1. The number of likely N-dealkylation sites (tertiary alicyclic amines) is 1. The predicted molar refractivity (Wildman–Crippen MR) is 135 cm³/mol. The van der Waals surface area contributed by atoms with Crippen molar-refractivity contribution in [2.45, 2.75) is 65.2 Å². The Labute approximate surface area is 190 Å². The van der Waals surface area contributed by atoms with E-state index in [0.717, 1.165) is 31.8 Å². The zero-order valence-corrected chi connectivity index (χ0v) is 20.1. The Morgan fingerprint density at radius 3 is 2.87 bits per heavy atom. The van der Waals surface area contributed by atoms with Crippen LogP contribution in [0.25, 0.3) is 0 Å². The molecule has 31 heavy (non-hydrogen) atoms. The molecule has 0 radical (unpaired) electrons. The van der Waals surface area contributed by atoms with Crippen molar-refractivity contribution in [3.05, 3.63) is 83.1 Å². The lowest BCUT2D eigenvalue weighted by atomic mass is 9.91. The molecule has 1 aromatic rings. The molecule has 1 unspecified atom stereocenters. The minimum absolute atomic E-state index is 0.551. The van der Waals surface area contributed by atoms with Gasteiger partial charge in [-0.3, -0.25) is 0 Å². The molecule has 168 valence electrons. The summed E-state index contributed by atoms with van der Waals surface area (Å²) in [6.07, 6.45) is 11.7. The molecule has 0 aliphatic carbocycles. The Kier molecular flexibility index (Phi) is 8.78. The van der Waals surface area contributed by atoms with Crippen LogP contribution in [0.3, 0.4) is 0 Å². The Hall–Kier alpha value is -2.06. The Bertz CT molecular complexity index is 829. The van der Waals surface area contributed by atoms with Crippen molar-refractivity contribution in [3.8, 4) is 0 Å². The van der Waals surface area contributed by atoms with Gasteiger partial charge in [0.05, 0.1) is 0 Å². The Morgan fingerprint density at radius 2 is 2.13 bits per heavy atom. The molecule has 0 saturated carbocycles. The predicted octanol–water partition coefficient (Wildman–Crippen LogP) is 6.92. The van der Waals surface area contributed by atoms with E-state index < -0.39 is 0 Å². The highest BCUT2D eigenvalue weighted by Crippen LogP contribution is 2.29. The van der Waals surface area contributed by atoms with Gasteiger partial charge in [-0.15, -0.1) is 6.58 Å². The maximum atomic E-state index is 4.32. The van der Waals surface area contributed by atoms with Gasteiger partial charge in [0.2, 0.25) is 0 Å². The highest BCUT2D eigenvalue weighted by Gasteiger charge is 2.25. The monoisotopic (exact) mass is 418 g/mol. The van der Waals surface area contributed by atoms with Crippen molar-refractivity contribution < 1.29 is 0 Å². The van der Waals surface area contributed by atoms with Gasteiger partial charge in [0, 0.05) is 31.2 Å². The molecule has 0 aromatic heterocycles. The maximum Gasteiger partial charge on any atom is 0.0147 e. The lowest BCUT2D eigenvalue weighted by Crippen LogP contribution is -2.27. The highest BCUT2D eigenvalue weighted by molar-refractivity contribution is 5.30. The van der Waals surface area contributed by atoms with Crippen molar-refractivity contribution in [1.29, 1.82) is 0 Å². The van der Waals surface area contributed by atoms with E-state index >= 15 is 0 Å². The minimum atomic E-state index is 0.551. The van der Waals surface area contributed by atoms with Crippen LogP contribution in [0.1, 0.15) is 69.4 Å². The molecule has 1 N–H and O–H groups in total. The van der Waals surface area contributed by atoms with Gasteiger partial charge in [0.15, 0.2) is 0 Å². The average molecular weight is 419 g/mol. The zero-order chi connectivity index (χ0) is 22.2. The largest absolute Gasteiger partial charge is 0.388 e. The first-order valence-electron chi connectivity index (χ1n) is 12.1. The number of hydrogen-bond donors (Lipinski definition) is 1. The molecule has 1 fully saturated rings. The third-order valence-electron chi connectivity index (χ3n) is 6.85. The molecular formula is C29H42N2. The highest BCUT2D eigenvalue weighted by atomic mass is 15.1. The van der Waals surface area contributed by atoms with Crippen LogP contribution in [0, 0.1) is 12.8 Å². The van der Waals surface area contributed by atoms with Crippen LogP contribution in [-0.2, 0) is 0 Å². The third kappa shape index (κ3) is 7.54. The first-order valence-corrected chi connectivity index (χ1v) is 12.1. The van der Waals surface area contributed by atoms with Gasteiger partial charge in [0.1, 0.15) is 0 Å². The molecule has 0 amide bonds. The number of aryl methyl sites for hydroxylation is 1. The summed E-state index contributed by atoms with van der Waals surface area (Å²) in [4.78, 5) is 2.68. The van der Waals surface area contributed by atoms with Crippen molar-refractivity contribution in [3.63, 3.8) is 0 Å². The van der Waals surface area contributed by atoms with E-state index in [0.29, 0.717) is 5.92 Å². The Balaban J connectivity index is 1.47. The second-order valence-electron chi connectivity index (χ2n) is 9.90. The molecule has 2 aliphatic heterocycles. The smallest absolute Gasteiger partial charge is 0.0147 e. The normalized spacial score (nSPS) is 20.8. The molecule has 2 aliphatic rings. The van der Waals surface area contributed by atoms with Crippen LogP contribution < -0.4 is 5.32 Å². The fraction of sp³-hybridized carbons (Fsp3) is 0.517. The summed E-state index contributed by atoms with van der Waals surface area (Å²) in [6.45, 7) is 19.8. The second kappa shape index (κ2) is 11.5.